The maximum atomic E-state index is 8.91. The maximum absolute atomic E-state index is 8.91. The van der Waals surface area contributed by atoms with Crippen molar-refractivity contribution in [1.29, 1.82) is 0 Å². The third-order valence-electron chi connectivity index (χ3n) is 3.76. The van der Waals surface area contributed by atoms with Gasteiger partial charge in [-0.05, 0) is 18.9 Å². The third kappa shape index (κ3) is 3.43. The zero-order chi connectivity index (χ0) is 14.5. The Morgan fingerprint density at radius 3 is 3.19 bits per heavy atom. The first-order chi connectivity index (χ1) is 10.4. The molecule has 1 aliphatic rings. The van der Waals surface area contributed by atoms with Crippen LogP contribution >= 0.6 is 0 Å². The van der Waals surface area contributed by atoms with E-state index in [1.807, 2.05) is 24.5 Å². The molecule has 1 aromatic heterocycles. The predicted molar refractivity (Wildman–Crippen MR) is 80.1 cm³/mol. The fourth-order valence-corrected chi connectivity index (χ4v) is 2.70. The Balaban J connectivity index is 1.66. The van der Waals surface area contributed by atoms with E-state index >= 15 is 0 Å². The van der Waals surface area contributed by atoms with E-state index in [1.54, 1.807) is 4.68 Å². The smallest absolute Gasteiger partial charge is 0.124 e. The Morgan fingerprint density at radius 1 is 1.38 bits per heavy atom. The maximum Gasteiger partial charge on any atom is 0.124 e. The summed E-state index contributed by atoms with van der Waals surface area (Å²) in [6.45, 7) is 2.20. The first-order valence-electron chi connectivity index (χ1n) is 7.44. The number of aliphatic hydroxyl groups excluding tert-OH is 1. The van der Waals surface area contributed by atoms with E-state index < -0.39 is 0 Å². The number of nitrogens with zero attached hydrogens (tertiary/aromatic N) is 2. The van der Waals surface area contributed by atoms with E-state index in [2.05, 4.69) is 22.5 Å². The van der Waals surface area contributed by atoms with E-state index in [0.717, 1.165) is 37.3 Å². The highest BCUT2D eigenvalue weighted by atomic mass is 16.5. The van der Waals surface area contributed by atoms with E-state index in [-0.39, 0.29) is 6.61 Å². The number of aliphatic hydroxyl groups is 1. The van der Waals surface area contributed by atoms with Gasteiger partial charge in [0.05, 0.1) is 26.0 Å². The summed E-state index contributed by atoms with van der Waals surface area (Å²) in [5, 5.41) is 16.7. The van der Waals surface area contributed by atoms with Crippen LogP contribution in [0.15, 0.2) is 36.7 Å². The molecule has 1 aliphatic heterocycles. The summed E-state index contributed by atoms with van der Waals surface area (Å²) in [5.41, 5.74) is 2.36. The summed E-state index contributed by atoms with van der Waals surface area (Å²) in [7, 11) is 0. The molecule has 0 spiro atoms. The van der Waals surface area contributed by atoms with Gasteiger partial charge in [-0.3, -0.25) is 4.68 Å². The molecule has 0 saturated carbocycles. The van der Waals surface area contributed by atoms with Crippen LogP contribution in [0, 0.1) is 0 Å². The molecule has 2 heterocycles. The quantitative estimate of drug-likeness (QED) is 0.881. The minimum atomic E-state index is 0.113. The molecule has 3 rings (SSSR count). The molecule has 1 aromatic carbocycles. The molecule has 2 N–H and O–H groups in total. The van der Waals surface area contributed by atoms with Crippen LogP contribution in [-0.2, 0) is 13.1 Å². The average molecular weight is 287 g/mol. The van der Waals surface area contributed by atoms with Crippen LogP contribution in [0.3, 0.4) is 0 Å². The molecule has 0 amide bonds. The lowest BCUT2D eigenvalue weighted by molar-refractivity contribution is 0.269. The van der Waals surface area contributed by atoms with Crippen LogP contribution < -0.4 is 10.1 Å². The summed E-state index contributed by atoms with van der Waals surface area (Å²) in [5.74, 6) is 0.989. The molecular formula is C16H21N3O2. The van der Waals surface area contributed by atoms with Crippen molar-refractivity contribution in [3.05, 3.63) is 47.8 Å². The van der Waals surface area contributed by atoms with Gasteiger partial charge in [-0.2, -0.15) is 5.10 Å². The second-order valence-electron chi connectivity index (χ2n) is 5.30. The number of aromatic nitrogens is 2. The normalized spacial score (nSPS) is 17.9. The minimum absolute atomic E-state index is 0.113. The predicted octanol–water partition coefficient (Wildman–Crippen LogP) is 1.88. The highest BCUT2D eigenvalue weighted by Crippen LogP contribution is 2.31. The van der Waals surface area contributed by atoms with Crippen LogP contribution in [0.4, 0.5) is 0 Å². The van der Waals surface area contributed by atoms with Crippen molar-refractivity contribution in [2.24, 2.45) is 0 Å². The molecule has 1 atom stereocenters. The monoisotopic (exact) mass is 287 g/mol. The molecule has 1 unspecified atom stereocenters. The summed E-state index contributed by atoms with van der Waals surface area (Å²) < 4.78 is 7.55. The molecular weight excluding hydrogens is 266 g/mol. The number of nitrogens with one attached hydrogen (secondary N) is 1. The van der Waals surface area contributed by atoms with Gasteiger partial charge in [0.1, 0.15) is 5.75 Å². The van der Waals surface area contributed by atoms with Crippen molar-refractivity contribution in [3.8, 4) is 5.75 Å². The van der Waals surface area contributed by atoms with Crippen molar-refractivity contribution in [1.82, 2.24) is 15.1 Å². The van der Waals surface area contributed by atoms with Gasteiger partial charge < -0.3 is 15.2 Å². The van der Waals surface area contributed by atoms with E-state index in [9.17, 15) is 0 Å². The molecule has 112 valence electrons. The molecule has 5 nitrogen and oxygen atoms in total. The van der Waals surface area contributed by atoms with Gasteiger partial charge in [-0.15, -0.1) is 0 Å². The Labute approximate surface area is 124 Å². The van der Waals surface area contributed by atoms with Gasteiger partial charge >= 0.3 is 0 Å². The highest BCUT2D eigenvalue weighted by Gasteiger charge is 2.18. The summed E-state index contributed by atoms with van der Waals surface area (Å²) in [4.78, 5) is 0. The third-order valence-corrected chi connectivity index (χ3v) is 3.76. The SMILES string of the molecule is OCCn1cc(CNC2CCCOc3ccccc32)cn1. The number of benzene rings is 1. The lowest BCUT2D eigenvalue weighted by Gasteiger charge is -2.17. The van der Waals surface area contributed by atoms with Crippen LogP contribution in [0.1, 0.15) is 30.0 Å². The number of fused-ring (bicyclic) bond motifs is 1. The first-order valence-corrected chi connectivity index (χ1v) is 7.44. The van der Waals surface area contributed by atoms with Crippen LogP contribution in [-0.4, -0.2) is 28.1 Å². The van der Waals surface area contributed by atoms with Crippen LogP contribution in [0.2, 0.25) is 0 Å². The van der Waals surface area contributed by atoms with Gasteiger partial charge in [0.15, 0.2) is 0 Å². The molecule has 21 heavy (non-hydrogen) atoms. The number of hydrogen-bond acceptors (Lipinski definition) is 4. The van der Waals surface area contributed by atoms with E-state index in [4.69, 9.17) is 9.84 Å². The Hall–Kier alpha value is -1.85. The zero-order valence-electron chi connectivity index (χ0n) is 12.0. The number of hydrogen-bond donors (Lipinski definition) is 2. The molecule has 0 fully saturated rings. The van der Waals surface area contributed by atoms with Gasteiger partial charge in [0.2, 0.25) is 0 Å². The lowest BCUT2D eigenvalue weighted by Crippen LogP contribution is -2.20. The number of ether oxygens (including phenoxy) is 1. The second-order valence-corrected chi connectivity index (χ2v) is 5.30. The second kappa shape index (κ2) is 6.74. The standard InChI is InChI=1S/C16H21N3O2/c20-8-7-19-12-13(11-18-19)10-17-15-5-3-9-21-16-6-2-1-4-14(15)16/h1-2,4,6,11-12,15,17,20H,3,5,7-10H2. The Morgan fingerprint density at radius 2 is 2.29 bits per heavy atom. The zero-order valence-corrected chi connectivity index (χ0v) is 12.0. The van der Waals surface area contributed by atoms with Crippen LogP contribution in [0.5, 0.6) is 5.75 Å². The van der Waals surface area contributed by atoms with Crippen molar-refractivity contribution in [2.75, 3.05) is 13.2 Å². The van der Waals surface area contributed by atoms with Gasteiger partial charge in [0, 0.05) is 29.9 Å². The molecule has 0 aliphatic carbocycles. The highest BCUT2D eigenvalue weighted by molar-refractivity contribution is 5.36. The fraction of sp³-hybridized carbons (Fsp3) is 0.438. The van der Waals surface area contributed by atoms with Gasteiger partial charge in [-0.1, -0.05) is 18.2 Å². The van der Waals surface area contributed by atoms with Crippen molar-refractivity contribution in [3.63, 3.8) is 0 Å². The Bertz CT molecular complexity index is 582. The first kappa shape index (κ1) is 14.1. The molecule has 0 saturated heterocycles. The van der Waals surface area contributed by atoms with Crippen molar-refractivity contribution in [2.45, 2.75) is 32.0 Å². The topological polar surface area (TPSA) is 59.3 Å². The summed E-state index contributed by atoms with van der Waals surface area (Å²) >= 11 is 0. The summed E-state index contributed by atoms with van der Waals surface area (Å²) in [6, 6.07) is 8.55. The van der Waals surface area contributed by atoms with Crippen molar-refractivity contribution < 1.29 is 9.84 Å². The van der Waals surface area contributed by atoms with Crippen molar-refractivity contribution >= 4 is 0 Å². The summed E-state index contributed by atoms with van der Waals surface area (Å²) in [6.07, 6.45) is 5.95. The Kier molecular flexibility index (Phi) is 4.52. The van der Waals surface area contributed by atoms with Gasteiger partial charge in [0.25, 0.3) is 0 Å². The molecule has 5 heteroatoms. The lowest BCUT2D eigenvalue weighted by atomic mass is 10.0. The number of para-hydroxylation sites is 1. The molecule has 0 radical (unpaired) electrons. The fourth-order valence-electron chi connectivity index (χ4n) is 2.70. The molecule has 0 bridgehead atoms. The largest absolute Gasteiger partial charge is 0.493 e. The van der Waals surface area contributed by atoms with Crippen LogP contribution in [0.25, 0.3) is 0 Å². The average Bonchev–Trinajstić information content (AvgIpc) is 2.85. The van der Waals surface area contributed by atoms with Gasteiger partial charge in [-0.25, -0.2) is 0 Å². The van der Waals surface area contributed by atoms with E-state index in [0.29, 0.717) is 12.6 Å². The number of rotatable bonds is 5. The minimum Gasteiger partial charge on any atom is -0.493 e. The van der Waals surface area contributed by atoms with E-state index in [1.165, 1.54) is 5.56 Å². The molecule has 2 aromatic rings.